The average Bonchev–Trinajstić information content (AvgIpc) is 2.44. The van der Waals surface area contributed by atoms with E-state index in [1.54, 1.807) is 7.05 Å². The zero-order chi connectivity index (χ0) is 15.6. The van der Waals surface area contributed by atoms with E-state index in [0.717, 1.165) is 6.20 Å². The van der Waals surface area contributed by atoms with Crippen molar-refractivity contribution in [1.82, 2.24) is 9.97 Å². The Kier molecular flexibility index (Phi) is 4.68. The van der Waals surface area contributed by atoms with Gasteiger partial charge in [-0.25, -0.2) is 4.98 Å². The average molecular weight is 422 g/mol. The minimum atomic E-state index is -0.758. The van der Waals surface area contributed by atoms with Gasteiger partial charge in [-0.15, -0.1) is 0 Å². The van der Waals surface area contributed by atoms with Gasteiger partial charge in [0.05, 0.1) is 20.1 Å². The fourth-order valence-electron chi connectivity index (χ4n) is 1.39. The number of nitrogens with one attached hydrogen (secondary N) is 1. The van der Waals surface area contributed by atoms with Gasteiger partial charge in [0.15, 0.2) is 5.75 Å². The molecule has 2 rings (SSSR count). The van der Waals surface area contributed by atoms with Crippen molar-refractivity contribution in [1.29, 1.82) is 0 Å². The number of anilines is 1. The van der Waals surface area contributed by atoms with Gasteiger partial charge in [0.2, 0.25) is 11.8 Å². The first kappa shape index (κ1) is 15.6. The van der Waals surface area contributed by atoms with Crippen molar-refractivity contribution < 1.29 is 14.1 Å². The first-order valence-electron chi connectivity index (χ1n) is 5.44. The van der Waals surface area contributed by atoms with E-state index in [2.05, 4.69) is 47.1 Å². The van der Waals surface area contributed by atoms with Crippen LogP contribution in [-0.4, -0.2) is 21.9 Å². The molecule has 0 unspecified atom stereocenters. The molecule has 0 aliphatic carbocycles. The number of hydrogen-bond donors (Lipinski definition) is 1. The SMILES string of the molecule is CNc1ncc(F)c(Oc2c(Br)cc([N+](=O)[O-])cc2Br)n1. The van der Waals surface area contributed by atoms with Crippen LogP contribution in [0.15, 0.2) is 27.3 Å². The van der Waals surface area contributed by atoms with Crippen LogP contribution >= 0.6 is 31.9 Å². The Morgan fingerprint density at radius 2 is 2.00 bits per heavy atom. The number of nitro benzene ring substituents is 1. The lowest BCUT2D eigenvalue weighted by Gasteiger charge is -2.10. The van der Waals surface area contributed by atoms with Gasteiger partial charge in [-0.2, -0.15) is 9.37 Å². The summed E-state index contributed by atoms with van der Waals surface area (Å²) >= 11 is 6.29. The molecule has 0 fully saturated rings. The molecule has 0 aliphatic heterocycles. The van der Waals surface area contributed by atoms with Crippen LogP contribution in [0.25, 0.3) is 0 Å². The van der Waals surface area contributed by atoms with E-state index in [-0.39, 0.29) is 32.2 Å². The molecule has 21 heavy (non-hydrogen) atoms. The first-order chi connectivity index (χ1) is 9.92. The molecule has 0 spiro atoms. The van der Waals surface area contributed by atoms with Crippen molar-refractivity contribution in [3.8, 4) is 11.6 Å². The summed E-state index contributed by atoms with van der Waals surface area (Å²) in [6.07, 6.45) is 0.960. The molecule has 0 aliphatic rings. The van der Waals surface area contributed by atoms with Crippen molar-refractivity contribution >= 4 is 43.5 Å². The summed E-state index contributed by atoms with van der Waals surface area (Å²) in [5.74, 6) is -0.712. The minimum Gasteiger partial charge on any atom is -0.434 e. The summed E-state index contributed by atoms with van der Waals surface area (Å²) in [5.41, 5.74) is -0.139. The molecule has 0 saturated heterocycles. The van der Waals surface area contributed by atoms with Gasteiger partial charge in [0.25, 0.3) is 11.6 Å². The fraction of sp³-hybridized carbons (Fsp3) is 0.0909. The van der Waals surface area contributed by atoms with Gasteiger partial charge in [-0.3, -0.25) is 10.1 Å². The molecule has 0 saturated carbocycles. The van der Waals surface area contributed by atoms with Crippen molar-refractivity contribution in [2.45, 2.75) is 0 Å². The molecule has 7 nitrogen and oxygen atoms in total. The van der Waals surface area contributed by atoms with Crippen LogP contribution in [0, 0.1) is 15.9 Å². The number of aromatic nitrogens is 2. The number of nitrogens with zero attached hydrogens (tertiary/aromatic N) is 3. The number of ether oxygens (including phenoxy) is 1. The molecule has 0 amide bonds. The molecule has 0 bridgehead atoms. The van der Waals surface area contributed by atoms with E-state index in [1.807, 2.05) is 0 Å². The Morgan fingerprint density at radius 3 is 2.52 bits per heavy atom. The molecule has 1 aromatic heterocycles. The highest BCUT2D eigenvalue weighted by Crippen LogP contribution is 2.39. The second kappa shape index (κ2) is 6.31. The second-order valence-electron chi connectivity index (χ2n) is 3.69. The normalized spacial score (nSPS) is 10.3. The monoisotopic (exact) mass is 420 g/mol. The van der Waals surface area contributed by atoms with Crippen molar-refractivity contribution in [3.05, 3.63) is 43.2 Å². The number of benzene rings is 1. The molecule has 110 valence electrons. The Labute approximate surface area is 135 Å². The minimum absolute atomic E-state index is 0.139. The number of nitro groups is 1. The number of rotatable bonds is 4. The van der Waals surface area contributed by atoms with E-state index >= 15 is 0 Å². The lowest BCUT2D eigenvalue weighted by atomic mass is 10.3. The molecule has 0 radical (unpaired) electrons. The number of hydrogen-bond acceptors (Lipinski definition) is 6. The van der Waals surface area contributed by atoms with E-state index in [0.29, 0.717) is 0 Å². The number of non-ortho nitro benzene ring substituents is 1. The van der Waals surface area contributed by atoms with Gasteiger partial charge in [0, 0.05) is 19.2 Å². The molecule has 1 N–H and O–H groups in total. The quantitative estimate of drug-likeness (QED) is 0.595. The highest BCUT2D eigenvalue weighted by atomic mass is 79.9. The summed E-state index contributed by atoms with van der Waals surface area (Å²) in [7, 11) is 1.58. The van der Waals surface area contributed by atoms with Crippen molar-refractivity contribution in [2.24, 2.45) is 0 Å². The largest absolute Gasteiger partial charge is 0.434 e. The van der Waals surface area contributed by atoms with Crippen LogP contribution in [0.5, 0.6) is 11.6 Å². The molecular formula is C11H7Br2FN4O3. The molecule has 2 aromatic rings. The van der Waals surface area contributed by atoms with E-state index in [4.69, 9.17) is 4.74 Å². The summed E-state index contributed by atoms with van der Waals surface area (Å²) in [4.78, 5) is 17.7. The van der Waals surface area contributed by atoms with E-state index in [1.165, 1.54) is 12.1 Å². The van der Waals surface area contributed by atoms with Crippen LogP contribution in [0.2, 0.25) is 0 Å². The van der Waals surface area contributed by atoms with Crippen LogP contribution in [0.1, 0.15) is 0 Å². The second-order valence-corrected chi connectivity index (χ2v) is 5.40. The molecule has 0 atom stereocenters. The summed E-state index contributed by atoms with van der Waals surface area (Å²) in [6, 6.07) is 2.50. The maximum atomic E-state index is 13.6. The maximum Gasteiger partial charge on any atom is 0.271 e. The van der Waals surface area contributed by atoms with E-state index < -0.39 is 10.7 Å². The maximum absolute atomic E-state index is 13.6. The lowest BCUT2D eigenvalue weighted by Crippen LogP contribution is -2.01. The molecule has 1 heterocycles. The van der Waals surface area contributed by atoms with Gasteiger partial charge >= 0.3 is 0 Å². The third kappa shape index (κ3) is 3.45. The smallest absolute Gasteiger partial charge is 0.271 e. The Hall–Kier alpha value is -1.81. The van der Waals surface area contributed by atoms with Crippen LogP contribution in [0.4, 0.5) is 16.0 Å². The standard InChI is InChI=1S/C11H7Br2FN4O3/c1-15-11-16-4-8(14)10(17-11)21-9-6(12)2-5(18(19)20)3-7(9)13/h2-4H,1H3,(H,15,16,17). The highest BCUT2D eigenvalue weighted by molar-refractivity contribution is 9.11. The Morgan fingerprint density at radius 1 is 1.38 bits per heavy atom. The topological polar surface area (TPSA) is 90.2 Å². The summed E-state index contributed by atoms with van der Waals surface area (Å²) in [6.45, 7) is 0. The third-order valence-corrected chi connectivity index (χ3v) is 3.51. The van der Waals surface area contributed by atoms with Crippen molar-refractivity contribution in [3.63, 3.8) is 0 Å². The predicted octanol–water partition coefficient (Wildman–Crippen LogP) is 3.88. The summed E-state index contributed by atoms with van der Waals surface area (Å²) in [5, 5.41) is 13.4. The number of halogens is 3. The first-order valence-corrected chi connectivity index (χ1v) is 7.02. The summed E-state index contributed by atoms with van der Waals surface area (Å²) < 4.78 is 19.6. The molecular weight excluding hydrogens is 415 g/mol. The fourth-order valence-corrected chi connectivity index (χ4v) is 2.71. The van der Waals surface area contributed by atoms with Crippen molar-refractivity contribution in [2.75, 3.05) is 12.4 Å². The zero-order valence-electron chi connectivity index (χ0n) is 10.4. The Balaban J connectivity index is 2.42. The van der Waals surface area contributed by atoms with Crippen LogP contribution in [-0.2, 0) is 0 Å². The van der Waals surface area contributed by atoms with Crippen LogP contribution < -0.4 is 10.1 Å². The van der Waals surface area contributed by atoms with Gasteiger partial charge in [-0.1, -0.05) is 0 Å². The predicted molar refractivity (Wildman–Crippen MR) is 80.1 cm³/mol. The van der Waals surface area contributed by atoms with E-state index in [9.17, 15) is 14.5 Å². The molecule has 10 heteroatoms. The lowest BCUT2D eigenvalue weighted by molar-refractivity contribution is -0.385. The van der Waals surface area contributed by atoms with Gasteiger partial charge in [-0.05, 0) is 31.9 Å². The van der Waals surface area contributed by atoms with Crippen LogP contribution in [0.3, 0.4) is 0 Å². The highest BCUT2D eigenvalue weighted by Gasteiger charge is 2.18. The van der Waals surface area contributed by atoms with Gasteiger partial charge < -0.3 is 10.1 Å². The van der Waals surface area contributed by atoms with Gasteiger partial charge in [0.1, 0.15) is 0 Å². The third-order valence-electron chi connectivity index (χ3n) is 2.33. The molecule has 1 aromatic carbocycles. The zero-order valence-corrected chi connectivity index (χ0v) is 13.6. The Bertz CT molecular complexity index is 691.